The largest absolute Gasteiger partial charge is 0.379 e. The number of amides is 1. The number of fused-ring (bicyclic) bond motifs is 1. The number of carbonyl (C=O) groups is 1. The van der Waals surface area contributed by atoms with Crippen molar-refractivity contribution in [3.63, 3.8) is 0 Å². The molecule has 28 heavy (non-hydrogen) atoms. The van der Waals surface area contributed by atoms with Crippen molar-refractivity contribution in [1.29, 1.82) is 0 Å². The number of sulfonamides is 1. The number of hydroxylamine groups is 1. The molecule has 1 heterocycles. The minimum Gasteiger partial charge on any atom is -0.379 e. The fourth-order valence-electron chi connectivity index (χ4n) is 3.83. The number of ether oxygens (including phenoxy) is 1. The zero-order chi connectivity index (χ0) is 20.0. The predicted molar refractivity (Wildman–Crippen MR) is 105 cm³/mol. The number of benzene rings is 1. The molecule has 0 unspecified atom stereocenters. The Hall–Kier alpha value is -1.48. The van der Waals surface area contributed by atoms with Crippen LogP contribution in [0.1, 0.15) is 43.7 Å². The van der Waals surface area contributed by atoms with Gasteiger partial charge in [-0.15, -0.1) is 0 Å². The van der Waals surface area contributed by atoms with E-state index in [1.807, 2.05) is 19.1 Å². The van der Waals surface area contributed by atoms with E-state index in [0.29, 0.717) is 50.6 Å². The number of hydrogen-bond acceptors (Lipinski definition) is 5. The minimum atomic E-state index is -3.52. The molecule has 7 nitrogen and oxygen atoms in total. The van der Waals surface area contributed by atoms with Crippen LogP contribution in [-0.2, 0) is 37.2 Å². The van der Waals surface area contributed by atoms with Gasteiger partial charge in [0, 0.05) is 25.6 Å². The summed E-state index contributed by atoms with van der Waals surface area (Å²) in [5.41, 5.74) is 4.87. The highest BCUT2D eigenvalue weighted by Gasteiger charge is 2.32. The second-order valence-electron chi connectivity index (χ2n) is 7.33. The lowest BCUT2D eigenvalue weighted by molar-refractivity contribution is -0.140. The minimum absolute atomic E-state index is 0.192. The molecule has 1 fully saturated rings. The summed E-state index contributed by atoms with van der Waals surface area (Å²) in [4.78, 5) is 17.7. The molecule has 8 heteroatoms. The van der Waals surface area contributed by atoms with Gasteiger partial charge in [-0.1, -0.05) is 6.07 Å². The van der Waals surface area contributed by atoms with Crippen molar-refractivity contribution in [3.8, 4) is 0 Å². The van der Waals surface area contributed by atoms with E-state index in [2.05, 4.69) is 5.48 Å². The van der Waals surface area contributed by atoms with Crippen molar-refractivity contribution in [2.45, 2.75) is 50.3 Å². The highest BCUT2D eigenvalue weighted by molar-refractivity contribution is 7.89. The molecule has 156 valence electrons. The van der Waals surface area contributed by atoms with Gasteiger partial charge in [0.25, 0.3) is 0 Å². The molecule has 1 aromatic rings. The van der Waals surface area contributed by atoms with Crippen molar-refractivity contribution in [3.05, 3.63) is 29.3 Å². The van der Waals surface area contributed by atoms with E-state index in [4.69, 9.17) is 9.57 Å². The van der Waals surface area contributed by atoms with Crippen LogP contribution in [0.25, 0.3) is 0 Å². The highest BCUT2D eigenvalue weighted by Crippen LogP contribution is 2.28. The molecule has 0 spiro atoms. The van der Waals surface area contributed by atoms with Gasteiger partial charge in [0.1, 0.15) is 0 Å². The molecule has 1 saturated heterocycles. The van der Waals surface area contributed by atoms with Gasteiger partial charge >= 0.3 is 0 Å². The smallest absolute Gasteiger partial charge is 0.246 e. The van der Waals surface area contributed by atoms with Gasteiger partial charge in [0.05, 0.1) is 18.1 Å². The van der Waals surface area contributed by atoms with Crippen LogP contribution in [0.3, 0.4) is 0 Å². The molecule has 0 bridgehead atoms. The van der Waals surface area contributed by atoms with E-state index in [0.717, 1.165) is 24.8 Å². The molecule has 0 atom stereocenters. The van der Waals surface area contributed by atoms with Crippen LogP contribution in [0.2, 0.25) is 0 Å². The number of nitrogens with zero attached hydrogens (tertiary/aromatic N) is 1. The average molecular weight is 411 g/mol. The third-order valence-corrected chi connectivity index (χ3v) is 7.38. The normalized spacial score (nSPS) is 18.6. The fraction of sp³-hybridized carbons (Fsp3) is 0.650. The van der Waals surface area contributed by atoms with Gasteiger partial charge in [-0.2, -0.15) is 4.31 Å². The summed E-state index contributed by atoms with van der Waals surface area (Å²) in [5, 5.41) is 0. The highest BCUT2D eigenvalue weighted by atomic mass is 32.2. The molecule has 3 rings (SSSR count). The summed E-state index contributed by atoms with van der Waals surface area (Å²) in [6.45, 7) is 3.91. The Bertz CT molecular complexity index is 773. The maximum Gasteiger partial charge on any atom is 0.246 e. The van der Waals surface area contributed by atoms with Crippen LogP contribution in [0, 0.1) is 5.92 Å². The monoisotopic (exact) mass is 410 g/mol. The quantitative estimate of drug-likeness (QED) is 0.524. The van der Waals surface area contributed by atoms with Gasteiger partial charge in [-0.25, -0.2) is 13.9 Å². The third kappa shape index (κ3) is 5.11. The molecule has 1 aliphatic heterocycles. The predicted octanol–water partition coefficient (Wildman–Crippen LogP) is 2.05. The van der Waals surface area contributed by atoms with Gasteiger partial charge in [-0.05, 0) is 68.7 Å². The summed E-state index contributed by atoms with van der Waals surface area (Å²) < 4.78 is 32.7. The summed E-state index contributed by atoms with van der Waals surface area (Å²) in [6.07, 6.45) is 5.25. The SMILES string of the molecule is CCOCCONC(=O)C1CCN(S(=O)(=O)c2ccc3c(c2)CCCC3)CC1. The number of piperidine rings is 1. The first-order valence-electron chi connectivity index (χ1n) is 10.1. The second-order valence-corrected chi connectivity index (χ2v) is 9.27. The maximum atomic E-state index is 13.0. The Labute approximate surface area is 167 Å². The molecule has 1 amide bonds. The number of hydrogen-bond donors (Lipinski definition) is 1. The third-order valence-electron chi connectivity index (χ3n) is 5.49. The number of nitrogens with one attached hydrogen (secondary N) is 1. The van der Waals surface area contributed by atoms with Crippen molar-refractivity contribution in [2.75, 3.05) is 32.9 Å². The lowest BCUT2D eigenvalue weighted by Crippen LogP contribution is -2.43. The van der Waals surface area contributed by atoms with Crippen molar-refractivity contribution in [1.82, 2.24) is 9.79 Å². The topological polar surface area (TPSA) is 84.9 Å². The Morgan fingerprint density at radius 1 is 1.14 bits per heavy atom. The van der Waals surface area contributed by atoms with Crippen molar-refractivity contribution < 1.29 is 22.8 Å². The summed E-state index contributed by atoms with van der Waals surface area (Å²) in [6, 6.07) is 5.53. The van der Waals surface area contributed by atoms with Crippen LogP contribution in [0.5, 0.6) is 0 Å². The summed E-state index contributed by atoms with van der Waals surface area (Å²) >= 11 is 0. The van der Waals surface area contributed by atoms with Crippen LogP contribution < -0.4 is 5.48 Å². The average Bonchev–Trinajstić information content (AvgIpc) is 2.73. The summed E-state index contributed by atoms with van der Waals surface area (Å²) in [7, 11) is -3.52. The molecule has 0 saturated carbocycles. The van der Waals surface area contributed by atoms with Crippen LogP contribution in [0.15, 0.2) is 23.1 Å². The Kier molecular flexibility index (Phi) is 7.45. The lowest BCUT2D eigenvalue weighted by atomic mass is 9.92. The zero-order valence-electron chi connectivity index (χ0n) is 16.5. The lowest BCUT2D eigenvalue weighted by Gasteiger charge is -2.30. The molecule has 0 aromatic heterocycles. The van der Waals surface area contributed by atoms with E-state index < -0.39 is 10.0 Å². The van der Waals surface area contributed by atoms with Crippen LogP contribution in [-0.4, -0.2) is 51.5 Å². The number of aryl methyl sites for hydroxylation is 2. The van der Waals surface area contributed by atoms with Gasteiger partial charge in [0.2, 0.25) is 15.9 Å². The maximum absolute atomic E-state index is 13.0. The van der Waals surface area contributed by atoms with Crippen molar-refractivity contribution >= 4 is 15.9 Å². The molecular formula is C20H30N2O5S. The van der Waals surface area contributed by atoms with E-state index >= 15 is 0 Å². The number of carbonyl (C=O) groups excluding carboxylic acids is 1. The molecule has 1 N–H and O–H groups in total. The fourth-order valence-corrected chi connectivity index (χ4v) is 5.35. The molecule has 1 aliphatic carbocycles. The molecule has 1 aromatic carbocycles. The zero-order valence-corrected chi connectivity index (χ0v) is 17.3. The molecule has 0 radical (unpaired) electrons. The Balaban J connectivity index is 1.53. The van der Waals surface area contributed by atoms with Gasteiger partial charge in [0.15, 0.2) is 0 Å². The van der Waals surface area contributed by atoms with E-state index in [9.17, 15) is 13.2 Å². The Morgan fingerprint density at radius 2 is 1.86 bits per heavy atom. The molecular weight excluding hydrogens is 380 g/mol. The second kappa shape index (κ2) is 9.82. The first-order valence-corrected chi connectivity index (χ1v) is 11.6. The van der Waals surface area contributed by atoms with E-state index in [1.165, 1.54) is 16.3 Å². The first-order chi connectivity index (χ1) is 13.5. The van der Waals surface area contributed by atoms with E-state index in [-0.39, 0.29) is 11.8 Å². The standard InChI is InChI=1S/C20H30N2O5S/c1-2-26-13-14-27-21-20(23)17-9-11-22(12-10-17)28(24,25)19-8-7-16-5-3-4-6-18(16)15-19/h7-8,15,17H,2-6,9-14H2,1H3,(H,21,23). The number of rotatable bonds is 8. The van der Waals surface area contributed by atoms with Crippen LogP contribution in [0.4, 0.5) is 0 Å². The van der Waals surface area contributed by atoms with Crippen molar-refractivity contribution in [2.24, 2.45) is 5.92 Å². The summed E-state index contributed by atoms with van der Waals surface area (Å²) in [5.74, 6) is -0.426. The van der Waals surface area contributed by atoms with Crippen LogP contribution >= 0.6 is 0 Å². The van der Waals surface area contributed by atoms with Gasteiger partial charge in [-0.3, -0.25) is 9.63 Å². The Morgan fingerprint density at radius 3 is 2.57 bits per heavy atom. The first kappa shape index (κ1) is 21.2. The van der Waals surface area contributed by atoms with E-state index in [1.54, 1.807) is 6.07 Å². The van der Waals surface area contributed by atoms with Gasteiger partial charge < -0.3 is 4.74 Å². The molecule has 2 aliphatic rings.